The number of hydrogen-bond donors (Lipinski definition) is 2. The summed E-state index contributed by atoms with van der Waals surface area (Å²) in [5.41, 5.74) is 9.75. The molecule has 1 fully saturated rings. The second-order valence-electron chi connectivity index (χ2n) is 4.84. The molecule has 18 heavy (non-hydrogen) atoms. The monoisotopic (exact) mass is 302 g/mol. The zero-order valence-corrected chi connectivity index (χ0v) is 11.6. The summed E-state index contributed by atoms with van der Waals surface area (Å²) < 4.78 is 1.10. The molecule has 1 aliphatic heterocycles. The SMILES string of the molecule is NC1(c2ccc(-c3ccc(Br)cc3)cc2)CNC1. The first-order valence-corrected chi connectivity index (χ1v) is 6.83. The van der Waals surface area contributed by atoms with Gasteiger partial charge in [0.05, 0.1) is 5.54 Å². The summed E-state index contributed by atoms with van der Waals surface area (Å²) in [5, 5.41) is 3.22. The molecule has 0 radical (unpaired) electrons. The third-order valence-electron chi connectivity index (χ3n) is 3.52. The van der Waals surface area contributed by atoms with Gasteiger partial charge in [0.15, 0.2) is 0 Å². The number of benzene rings is 2. The second-order valence-corrected chi connectivity index (χ2v) is 5.76. The standard InChI is InChI=1S/C15H15BrN2/c16-14-7-3-12(4-8-14)11-1-5-13(6-2-11)15(17)9-18-10-15/h1-8,18H,9-10,17H2. The van der Waals surface area contributed by atoms with Crippen LogP contribution >= 0.6 is 15.9 Å². The Kier molecular flexibility index (Phi) is 2.98. The Morgan fingerprint density at radius 2 is 1.39 bits per heavy atom. The van der Waals surface area contributed by atoms with Crippen molar-refractivity contribution in [2.45, 2.75) is 5.54 Å². The van der Waals surface area contributed by atoms with E-state index in [1.54, 1.807) is 0 Å². The molecule has 2 nitrogen and oxygen atoms in total. The van der Waals surface area contributed by atoms with Crippen LogP contribution in [0.2, 0.25) is 0 Å². The minimum atomic E-state index is -0.168. The van der Waals surface area contributed by atoms with Crippen molar-refractivity contribution in [1.29, 1.82) is 0 Å². The van der Waals surface area contributed by atoms with Crippen molar-refractivity contribution in [2.24, 2.45) is 5.73 Å². The fourth-order valence-electron chi connectivity index (χ4n) is 2.24. The van der Waals surface area contributed by atoms with Gasteiger partial charge in [0.2, 0.25) is 0 Å². The van der Waals surface area contributed by atoms with E-state index in [4.69, 9.17) is 5.73 Å². The Balaban J connectivity index is 1.89. The van der Waals surface area contributed by atoms with Gasteiger partial charge in [-0.2, -0.15) is 0 Å². The van der Waals surface area contributed by atoms with Gasteiger partial charge in [-0.05, 0) is 28.8 Å². The minimum Gasteiger partial charge on any atom is -0.319 e. The molecule has 0 bridgehead atoms. The van der Waals surface area contributed by atoms with E-state index in [-0.39, 0.29) is 5.54 Å². The summed E-state index contributed by atoms with van der Waals surface area (Å²) in [6, 6.07) is 16.9. The molecule has 3 N–H and O–H groups in total. The van der Waals surface area contributed by atoms with E-state index in [0.29, 0.717) is 0 Å². The van der Waals surface area contributed by atoms with E-state index >= 15 is 0 Å². The van der Waals surface area contributed by atoms with E-state index in [0.717, 1.165) is 17.6 Å². The molecule has 3 heteroatoms. The third kappa shape index (κ3) is 2.09. The predicted octanol–water partition coefficient (Wildman–Crippen LogP) is 2.87. The Hall–Kier alpha value is -1.16. The zero-order chi connectivity index (χ0) is 12.6. The van der Waals surface area contributed by atoms with Crippen LogP contribution in [0.15, 0.2) is 53.0 Å². The predicted molar refractivity (Wildman–Crippen MR) is 78.3 cm³/mol. The smallest absolute Gasteiger partial charge is 0.0662 e. The van der Waals surface area contributed by atoms with Gasteiger partial charge in [-0.3, -0.25) is 0 Å². The molecule has 0 saturated carbocycles. The van der Waals surface area contributed by atoms with Gasteiger partial charge in [0.25, 0.3) is 0 Å². The molecule has 2 aromatic carbocycles. The molecule has 0 aliphatic carbocycles. The lowest BCUT2D eigenvalue weighted by atomic mass is 9.85. The fraction of sp³-hybridized carbons (Fsp3) is 0.200. The lowest BCUT2D eigenvalue weighted by Crippen LogP contribution is -2.62. The van der Waals surface area contributed by atoms with Gasteiger partial charge in [-0.15, -0.1) is 0 Å². The highest BCUT2D eigenvalue weighted by molar-refractivity contribution is 9.10. The molecule has 2 aromatic rings. The molecule has 1 saturated heterocycles. The molecule has 0 amide bonds. The quantitative estimate of drug-likeness (QED) is 0.895. The van der Waals surface area contributed by atoms with Crippen molar-refractivity contribution >= 4 is 15.9 Å². The first-order chi connectivity index (χ1) is 8.67. The van der Waals surface area contributed by atoms with E-state index in [9.17, 15) is 0 Å². The largest absolute Gasteiger partial charge is 0.319 e. The number of nitrogens with two attached hydrogens (primary N) is 1. The molecule has 0 aromatic heterocycles. The molecular formula is C15H15BrN2. The van der Waals surface area contributed by atoms with E-state index in [2.05, 4.69) is 69.8 Å². The van der Waals surface area contributed by atoms with Crippen LogP contribution in [-0.4, -0.2) is 13.1 Å². The Morgan fingerprint density at radius 3 is 1.83 bits per heavy atom. The van der Waals surface area contributed by atoms with Crippen LogP contribution in [0.1, 0.15) is 5.56 Å². The van der Waals surface area contributed by atoms with Crippen molar-refractivity contribution < 1.29 is 0 Å². The number of hydrogen-bond acceptors (Lipinski definition) is 2. The number of rotatable bonds is 2. The number of nitrogens with one attached hydrogen (secondary N) is 1. The lowest BCUT2D eigenvalue weighted by molar-refractivity contribution is 0.287. The molecule has 1 heterocycles. The summed E-state index contributed by atoms with van der Waals surface area (Å²) in [4.78, 5) is 0. The summed E-state index contributed by atoms with van der Waals surface area (Å²) in [5.74, 6) is 0. The van der Waals surface area contributed by atoms with Gasteiger partial charge in [-0.25, -0.2) is 0 Å². The average Bonchev–Trinajstić information content (AvgIpc) is 2.37. The van der Waals surface area contributed by atoms with Crippen LogP contribution in [0.3, 0.4) is 0 Å². The zero-order valence-electron chi connectivity index (χ0n) is 9.99. The maximum atomic E-state index is 6.26. The van der Waals surface area contributed by atoms with Crippen molar-refractivity contribution in [2.75, 3.05) is 13.1 Å². The van der Waals surface area contributed by atoms with Gasteiger partial charge < -0.3 is 11.1 Å². The maximum absolute atomic E-state index is 6.26. The summed E-state index contributed by atoms with van der Waals surface area (Å²) in [6.07, 6.45) is 0. The molecule has 3 rings (SSSR count). The summed E-state index contributed by atoms with van der Waals surface area (Å²) >= 11 is 3.45. The van der Waals surface area contributed by atoms with Crippen LogP contribution in [0.5, 0.6) is 0 Å². The highest BCUT2D eigenvalue weighted by atomic mass is 79.9. The first-order valence-electron chi connectivity index (χ1n) is 6.03. The van der Waals surface area contributed by atoms with Crippen molar-refractivity contribution in [1.82, 2.24) is 5.32 Å². The van der Waals surface area contributed by atoms with Crippen LogP contribution in [0, 0.1) is 0 Å². The Morgan fingerprint density at radius 1 is 0.889 bits per heavy atom. The topological polar surface area (TPSA) is 38.0 Å². The van der Waals surface area contributed by atoms with Crippen LogP contribution in [-0.2, 0) is 5.54 Å². The van der Waals surface area contributed by atoms with Gasteiger partial charge in [0.1, 0.15) is 0 Å². The second kappa shape index (κ2) is 4.50. The highest BCUT2D eigenvalue weighted by Gasteiger charge is 2.33. The molecule has 0 atom stereocenters. The van der Waals surface area contributed by atoms with E-state index in [1.165, 1.54) is 16.7 Å². The van der Waals surface area contributed by atoms with Gasteiger partial charge in [0, 0.05) is 17.6 Å². The summed E-state index contributed by atoms with van der Waals surface area (Å²) in [7, 11) is 0. The molecule has 0 unspecified atom stereocenters. The van der Waals surface area contributed by atoms with Crippen molar-refractivity contribution in [3.05, 3.63) is 58.6 Å². The van der Waals surface area contributed by atoms with E-state index in [1.807, 2.05) is 0 Å². The van der Waals surface area contributed by atoms with Crippen LogP contribution < -0.4 is 11.1 Å². The van der Waals surface area contributed by atoms with Crippen LogP contribution in [0.25, 0.3) is 11.1 Å². The van der Waals surface area contributed by atoms with Crippen LogP contribution in [0.4, 0.5) is 0 Å². The van der Waals surface area contributed by atoms with Crippen molar-refractivity contribution in [3.8, 4) is 11.1 Å². The maximum Gasteiger partial charge on any atom is 0.0662 e. The van der Waals surface area contributed by atoms with E-state index < -0.39 is 0 Å². The highest BCUT2D eigenvalue weighted by Crippen LogP contribution is 2.26. The van der Waals surface area contributed by atoms with Crippen molar-refractivity contribution in [3.63, 3.8) is 0 Å². The third-order valence-corrected chi connectivity index (χ3v) is 4.05. The molecule has 92 valence electrons. The molecule has 0 spiro atoms. The first kappa shape index (κ1) is 11.9. The lowest BCUT2D eigenvalue weighted by Gasteiger charge is -2.39. The average molecular weight is 303 g/mol. The Bertz CT molecular complexity index is 542. The normalized spacial score (nSPS) is 17.2. The van der Waals surface area contributed by atoms with Gasteiger partial charge >= 0.3 is 0 Å². The molecule has 1 aliphatic rings. The van der Waals surface area contributed by atoms with Gasteiger partial charge in [-0.1, -0.05) is 52.3 Å². The minimum absolute atomic E-state index is 0.168. The summed E-state index contributed by atoms with van der Waals surface area (Å²) in [6.45, 7) is 1.73. The molecular weight excluding hydrogens is 288 g/mol. The fourth-order valence-corrected chi connectivity index (χ4v) is 2.50. The number of halogens is 1. The Labute approximate surface area is 115 Å².